The Labute approximate surface area is 148 Å². The number of fused-ring (bicyclic) bond motifs is 1. The monoisotopic (exact) mass is 361 g/mol. The van der Waals surface area contributed by atoms with Gasteiger partial charge >= 0.3 is 0 Å². The smallest absolute Gasteiger partial charge is 0.264 e. The Kier molecular flexibility index (Phi) is 4.78. The summed E-state index contributed by atoms with van der Waals surface area (Å²) in [6.45, 7) is 1.72. The lowest BCUT2D eigenvalue weighted by Crippen LogP contribution is -2.28. The van der Waals surface area contributed by atoms with Crippen molar-refractivity contribution in [3.63, 3.8) is 0 Å². The molecule has 3 rings (SSSR count). The third kappa shape index (κ3) is 3.39. The van der Waals surface area contributed by atoms with Crippen LogP contribution in [-0.4, -0.2) is 27.1 Å². The van der Waals surface area contributed by atoms with Gasteiger partial charge in [-0.2, -0.15) is 5.10 Å². The molecule has 0 bridgehead atoms. The summed E-state index contributed by atoms with van der Waals surface area (Å²) in [7, 11) is 0. The number of para-hydroxylation sites is 1. The molecule has 1 heterocycles. The fraction of sp³-hybridized carbons (Fsp3) is 0.125. The number of hydrazone groups is 1. The number of nitrogens with one attached hydrogen (secondary N) is 1. The highest BCUT2D eigenvalue weighted by Crippen LogP contribution is 2.19. The third-order valence-corrected chi connectivity index (χ3v) is 4.03. The van der Waals surface area contributed by atoms with Crippen molar-refractivity contribution in [1.29, 1.82) is 0 Å². The third-order valence-electron chi connectivity index (χ3n) is 3.46. The van der Waals surface area contributed by atoms with Crippen LogP contribution < -0.4 is 5.43 Å². The molecule has 0 saturated carbocycles. The summed E-state index contributed by atoms with van der Waals surface area (Å²) in [6, 6.07) is 11.9. The first kappa shape index (κ1) is 16.4. The molecule has 0 saturated heterocycles. The van der Waals surface area contributed by atoms with Crippen LogP contribution in [0.1, 0.15) is 18.5 Å². The summed E-state index contributed by atoms with van der Waals surface area (Å²) in [5.41, 5.74) is 4.64. The number of halogens is 2. The van der Waals surface area contributed by atoms with Crippen LogP contribution in [0.2, 0.25) is 10.0 Å². The molecule has 3 aromatic rings. The zero-order valence-electron chi connectivity index (χ0n) is 12.6. The minimum Gasteiger partial charge on any atom is -0.271 e. The van der Waals surface area contributed by atoms with Crippen molar-refractivity contribution in [2.45, 2.75) is 13.0 Å². The predicted molar refractivity (Wildman–Crippen MR) is 94.4 cm³/mol. The number of aromatic nitrogens is 3. The zero-order chi connectivity index (χ0) is 17.1. The van der Waals surface area contributed by atoms with Gasteiger partial charge < -0.3 is 0 Å². The van der Waals surface area contributed by atoms with Gasteiger partial charge in [0.15, 0.2) is 0 Å². The maximum atomic E-state index is 12.2. The number of carbonyl (C=O) groups is 1. The number of benzene rings is 2. The van der Waals surface area contributed by atoms with Crippen molar-refractivity contribution in [2.75, 3.05) is 0 Å². The van der Waals surface area contributed by atoms with Gasteiger partial charge in [-0.05, 0) is 31.2 Å². The normalized spacial score (nSPS) is 12.6. The van der Waals surface area contributed by atoms with Gasteiger partial charge in [0.2, 0.25) is 0 Å². The Balaban J connectivity index is 1.71. The second-order valence-electron chi connectivity index (χ2n) is 5.10. The SMILES string of the molecule is C[C@H](C(=O)N/N=C\c1ccc(Cl)cc1Cl)n1nnc2ccccc21. The summed E-state index contributed by atoms with van der Waals surface area (Å²) in [6.07, 6.45) is 1.46. The molecule has 0 fully saturated rings. The summed E-state index contributed by atoms with van der Waals surface area (Å²) >= 11 is 11.9. The topological polar surface area (TPSA) is 72.2 Å². The Morgan fingerprint density at radius 1 is 1.29 bits per heavy atom. The fourth-order valence-corrected chi connectivity index (χ4v) is 2.61. The lowest BCUT2D eigenvalue weighted by molar-refractivity contribution is -0.124. The summed E-state index contributed by atoms with van der Waals surface area (Å²) in [5, 5.41) is 13.0. The lowest BCUT2D eigenvalue weighted by atomic mass is 10.2. The molecule has 24 heavy (non-hydrogen) atoms. The van der Waals surface area contributed by atoms with Crippen molar-refractivity contribution >= 4 is 46.4 Å². The van der Waals surface area contributed by atoms with Crippen molar-refractivity contribution in [2.24, 2.45) is 5.10 Å². The van der Waals surface area contributed by atoms with E-state index in [1.165, 1.54) is 6.21 Å². The van der Waals surface area contributed by atoms with E-state index in [1.54, 1.807) is 29.8 Å². The Bertz CT molecular complexity index is 922. The molecule has 1 aromatic heterocycles. The quantitative estimate of drug-likeness (QED) is 0.571. The van der Waals surface area contributed by atoms with Crippen LogP contribution in [0.25, 0.3) is 11.0 Å². The first-order valence-corrected chi connectivity index (χ1v) is 7.90. The summed E-state index contributed by atoms with van der Waals surface area (Å²) in [4.78, 5) is 12.2. The van der Waals surface area contributed by atoms with Gasteiger partial charge in [-0.1, -0.05) is 46.6 Å². The maximum absolute atomic E-state index is 12.2. The molecule has 122 valence electrons. The highest BCUT2D eigenvalue weighted by molar-refractivity contribution is 6.36. The van der Waals surface area contributed by atoms with Crippen LogP contribution in [0, 0.1) is 0 Å². The largest absolute Gasteiger partial charge is 0.271 e. The number of hydrogen-bond acceptors (Lipinski definition) is 4. The van der Waals surface area contributed by atoms with Gasteiger partial charge in [0.25, 0.3) is 5.91 Å². The van der Waals surface area contributed by atoms with E-state index in [1.807, 2.05) is 24.3 Å². The maximum Gasteiger partial charge on any atom is 0.264 e. The van der Waals surface area contributed by atoms with Gasteiger partial charge in [-0.3, -0.25) is 4.79 Å². The standard InChI is InChI=1S/C16H13Cl2N5O/c1-10(23-15-5-3-2-4-14(15)20-22-23)16(24)21-19-9-11-6-7-12(17)8-13(11)18/h2-10H,1H3,(H,21,24)/b19-9-/t10-/m1/s1. The van der Waals surface area contributed by atoms with Gasteiger partial charge in [0, 0.05) is 10.6 Å². The molecule has 0 aliphatic heterocycles. The Morgan fingerprint density at radius 2 is 2.08 bits per heavy atom. The second-order valence-corrected chi connectivity index (χ2v) is 5.94. The Hall–Kier alpha value is -2.44. The highest BCUT2D eigenvalue weighted by Gasteiger charge is 2.18. The molecular formula is C16H13Cl2N5O. The van der Waals surface area contributed by atoms with E-state index < -0.39 is 6.04 Å². The fourth-order valence-electron chi connectivity index (χ4n) is 2.15. The lowest BCUT2D eigenvalue weighted by Gasteiger charge is -2.10. The van der Waals surface area contributed by atoms with Crippen molar-refractivity contribution in [3.8, 4) is 0 Å². The molecule has 1 amide bonds. The van der Waals surface area contributed by atoms with Gasteiger partial charge in [-0.25, -0.2) is 10.1 Å². The molecule has 0 aliphatic carbocycles. The number of rotatable bonds is 4. The number of nitrogens with zero attached hydrogens (tertiary/aromatic N) is 4. The van der Waals surface area contributed by atoms with E-state index in [9.17, 15) is 4.79 Å². The van der Waals surface area contributed by atoms with Crippen LogP contribution in [0.15, 0.2) is 47.6 Å². The first-order chi connectivity index (χ1) is 11.6. The van der Waals surface area contributed by atoms with Crippen molar-refractivity contribution in [1.82, 2.24) is 20.4 Å². The first-order valence-electron chi connectivity index (χ1n) is 7.14. The van der Waals surface area contributed by atoms with E-state index in [-0.39, 0.29) is 5.91 Å². The molecule has 0 spiro atoms. The molecule has 0 radical (unpaired) electrons. The summed E-state index contributed by atoms with van der Waals surface area (Å²) in [5.74, 6) is -0.313. The number of amides is 1. The van der Waals surface area contributed by atoms with Gasteiger partial charge in [-0.15, -0.1) is 5.10 Å². The average molecular weight is 362 g/mol. The van der Waals surface area contributed by atoms with Crippen molar-refractivity contribution in [3.05, 3.63) is 58.1 Å². The van der Waals surface area contributed by atoms with Gasteiger partial charge in [0.05, 0.1) is 16.8 Å². The molecule has 0 unspecified atom stereocenters. The van der Waals surface area contributed by atoms with E-state index in [4.69, 9.17) is 23.2 Å². The van der Waals surface area contributed by atoms with E-state index >= 15 is 0 Å². The Morgan fingerprint density at radius 3 is 2.88 bits per heavy atom. The second kappa shape index (κ2) is 6.98. The minimum atomic E-state index is -0.560. The molecular weight excluding hydrogens is 349 g/mol. The zero-order valence-corrected chi connectivity index (χ0v) is 14.2. The molecule has 1 atom stereocenters. The molecule has 8 heteroatoms. The van der Waals surface area contributed by atoms with Crippen LogP contribution in [0.3, 0.4) is 0 Å². The van der Waals surface area contributed by atoms with Crippen molar-refractivity contribution < 1.29 is 4.79 Å². The molecule has 6 nitrogen and oxygen atoms in total. The van der Waals surface area contributed by atoms with E-state index in [0.29, 0.717) is 15.6 Å². The summed E-state index contributed by atoms with van der Waals surface area (Å²) < 4.78 is 1.55. The van der Waals surface area contributed by atoms with E-state index in [2.05, 4.69) is 20.8 Å². The average Bonchev–Trinajstić information content (AvgIpc) is 3.00. The van der Waals surface area contributed by atoms with Crippen LogP contribution in [0.4, 0.5) is 0 Å². The van der Waals surface area contributed by atoms with Crippen LogP contribution in [0.5, 0.6) is 0 Å². The predicted octanol–water partition coefficient (Wildman–Crippen LogP) is 3.45. The van der Waals surface area contributed by atoms with E-state index in [0.717, 1.165) is 11.0 Å². The minimum absolute atomic E-state index is 0.313. The van der Waals surface area contributed by atoms with Crippen LogP contribution >= 0.6 is 23.2 Å². The van der Waals surface area contributed by atoms with Crippen LogP contribution in [-0.2, 0) is 4.79 Å². The highest BCUT2D eigenvalue weighted by atomic mass is 35.5. The number of carbonyl (C=O) groups excluding carboxylic acids is 1. The molecule has 1 N–H and O–H groups in total. The number of hydrogen-bond donors (Lipinski definition) is 1. The molecule has 0 aliphatic rings. The molecule has 2 aromatic carbocycles. The van der Waals surface area contributed by atoms with Gasteiger partial charge in [0.1, 0.15) is 11.6 Å².